The highest BCUT2D eigenvalue weighted by molar-refractivity contribution is 5.83. The third kappa shape index (κ3) is 5.87. The number of morpholine rings is 1. The quantitative estimate of drug-likeness (QED) is 0.555. The molecule has 0 amide bonds. The summed E-state index contributed by atoms with van der Waals surface area (Å²) in [6.07, 6.45) is 6.84. The molecule has 0 unspecified atom stereocenters. The van der Waals surface area contributed by atoms with Crippen molar-refractivity contribution in [3.63, 3.8) is 0 Å². The van der Waals surface area contributed by atoms with Crippen LogP contribution >= 0.6 is 0 Å². The van der Waals surface area contributed by atoms with Crippen molar-refractivity contribution in [1.82, 2.24) is 24.4 Å². The summed E-state index contributed by atoms with van der Waals surface area (Å²) < 4.78 is 13.0. The van der Waals surface area contributed by atoms with Gasteiger partial charge in [0.2, 0.25) is 0 Å². The van der Waals surface area contributed by atoms with Gasteiger partial charge in [-0.15, -0.1) is 0 Å². The van der Waals surface area contributed by atoms with Crippen molar-refractivity contribution in [2.45, 2.75) is 13.5 Å². The van der Waals surface area contributed by atoms with E-state index in [2.05, 4.69) is 24.8 Å². The lowest BCUT2D eigenvalue weighted by Crippen LogP contribution is -2.38. The fraction of sp³-hybridized carbons (Fsp3) is 0.364. The number of benzene rings is 1. The molecule has 0 aliphatic carbocycles. The second kappa shape index (κ2) is 10.1. The molecule has 31 heavy (non-hydrogen) atoms. The van der Waals surface area contributed by atoms with E-state index in [1.807, 2.05) is 31.3 Å². The monoisotopic (exact) mass is 422 g/mol. The van der Waals surface area contributed by atoms with Crippen molar-refractivity contribution in [3.05, 3.63) is 59.8 Å². The van der Waals surface area contributed by atoms with Gasteiger partial charge in [-0.25, -0.2) is 4.98 Å². The molecule has 0 spiro atoms. The van der Waals surface area contributed by atoms with Crippen LogP contribution in [0.2, 0.25) is 0 Å². The minimum atomic E-state index is 0.197. The predicted molar refractivity (Wildman–Crippen MR) is 116 cm³/mol. The van der Waals surface area contributed by atoms with E-state index in [9.17, 15) is 5.11 Å². The minimum Gasteiger partial charge on any atom is -0.507 e. The number of imidazole rings is 1. The number of hydrogen-bond acceptors (Lipinski definition) is 8. The number of aliphatic imine (C=N–C) groups is 1. The van der Waals surface area contributed by atoms with Crippen molar-refractivity contribution in [2.75, 3.05) is 39.5 Å². The first-order valence-corrected chi connectivity index (χ1v) is 10.3. The van der Waals surface area contributed by atoms with Gasteiger partial charge in [0.05, 0.1) is 25.5 Å². The van der Waals surface area contributed by atoms with E-state index in [-0.39, 0.29) is 5.75 Å². The molecule has 1 saturated heterocycles. The molecule has 1 aliphatic heterocycles. The van der Waals surface area contributed by atoms with Crippen LogP contribution < -0.4 is 4.74 Å². The van der Waals surface area contributed by atoms with Crippen LogP contribution in [-0.2, 0) is 11.3 Å². The highest BCUT2D eigenvalue weighted by Crippen LogP contribution is 2.17. The second-order valence-electron chi connectivity index (χ2n) is 7.30. The molecule has 1 aliphatic rings. The Morgan fingerprint density at radius 2 is 2.10 bits per heavy atom. The Morgan fingerprint density at radius 1 is 1.23 bits per heavy atom. The summed E-state index contributed by atoms with van der Waals surface area (Å²) in [7, 11) is 0. The largest absolute Gasteiger partial charge is 0.507 e. The average Bonchev–Trinajstić information content (AvgIpc) is 3.32. The summed E-state index contributed by atoms with van der Waals surface area (Å²) in [4.78, 5) is 19.9. The van der Waals surface area contributed by atoms with Crippen LogP contribution in [0.15, 0.2) is 48.0 Å². The number of phenols is 1. The number of nitrogens with zero attached hydrogens (tertiary/aromatic N) is 6. The van der Waals surface area contributed by atoms with Gasteiger partial charge < -0.3 is 14.6 Å². The van der Waals surface area contributed by atoms with Crippen LogP contribution in [0.1, 0.15) is 16.8 Å². The smallest absolute Gasteiger partial charge is 0.318 e. The van der Waals surface area contributed by atoms with Crippen LogP contribution in [0.25, 0.3) is 5.82 Å². The first-order chi connectivity index (χ1) is 15.2. The minimum absolute atomic E-state index is 0.197. The van der Waals surface area contributed by atoms with Crippen LogP contribution in [0.3, 0.4) is 0 Å². The standard InChI is InChI=1S/C22H26N6O3/c1-17-2-3-20(29)18(12-17)14-24-15-19-13-21(28-5-4-23-16-28)26-22(25-19)31-11-8-27-6-9-30-10-7-27/h2-5,12-14,16,29H,6-11,15H2,1H3. The molecule has 0 saturated carbocycles. The molecule has 9 nitrogen and oxygen atoms in total. The second-order valence-corrected chi connectivity index (χ2v) is 7.30. The molecule has 162 valence electrons. The Labute approximate surface area is 181 Å². The van der Waals surface area contributed by atoms with Crippen LogP contribution in [0.4, 0.5) is 0 Å². The van der Waals surface area contributed by atoms with E-state index in [1.165, 1.54) is 0 Å². The topological polar surface area (TPSA) is 97.9 Å². The van der Waals surface area contributed by atoms with Crippen molar-refractivity contribution < 1.29 is 14.6 Å². The molecule has 0 atom stereocenters. The zero-order valence-electron chi connectivity index (χ0n) is 17.5. The molecule has 1 aromatic carbocycles. The zero-order chi connectivity index (χ0) is 21.5. The fourth-order valence-corrected chi connectivity index (χ4v) is 3.24. The van der Waals surface area contributed by atoms with E-state index < -0.39 is 0 Å². The van der Waals surface area contributed by atoms with Gasteiger partial charge in [0, 0.05) is 49.9 Å². The van der Waals surface area contributed by atoms with Gasteiger partial charge in [0.1, 0.15) is 24.5 Å². The maximum atomic E-state index is 9.99. The SMILES string of the molecule is Cc1ccc(O)c(C=NCc2cc(-n3ccnc3)nc(OCCN3CCOCC3)n2)c1. The van der Waals surface area contributed by atoms with Crippen molar-refractivity contribution >= 4 is 6.21 Å². The maximum Gasteiger partial charge on any atom is 0.318 e. The van der Waals surface area contributed by atoms with Crippen LogP contribution in [0, 0.1) is 6.92 Å². The molecule has 1 N–H and O–H groups in total. The number of ether oxygens (including phenoxy) is 2. The van der Waals surface area contributed by atoms with Crippen LogP contribution in [0.5, 0.6) is 11.8 Å². The predicted octanol–water partition coefficient (Wildman–Crippen LogP) is 2.01. The summed E-state index contributed by atoms with van der Waals surface area (Å²) >= 11 is 0. The number of aromatic nitrogens is 4. The lowest BCUT2D eigenvalue weighted by molar-refractivity contribution is 0.0317. The number of aromatic hydroxyl groups is 1. The Morgan fingerprint density at radius 3 is 2.90 bits per heavy atom. The molecule has 3 heterocycles. The third-order valence-corrected chi connectivity index (χ3v) is 4.92. The number of phenolic OH excluding ortho intramolecular Hbond substituents is 1. The molecular formula is C22H26N6O3. The number of rotatable bonds is 8. The first kappa shape index (κ1) is 21.0. The molecule has 4 rings (SSSR count). The lowest BCUT2D eigenvalue weighted by Gasteiger charge is -2.26. The molecule has 3 aromatic rings. The van der Waals surface area contributed by atoms with Crippen molar-refractivity contribution in [2.24, 2.45) is 4.99 Å². The normalized spacial score (nSPS) is 14.9. The van der Waals surface area contributed by atoms with E-state index in [4.69, 9.17) is 9.47 Å². The van der Waals surface area contributed by atoms with E-state index in [1.54, 1.807) is 29.4 Å². The van der Waals surface area contributed by atoms with Gasteiger partial charge in [-0.3, -0.25) is 14.5 Å². The summed E-state index contributed by atoms with van der Waals surface area (Å²) in [6, 6.07) is 7.57. The summed E-state index contributed by atoms with van der Waals surface area (Å²) in [6.45, 7) is 6.92. The van der Waals surface area contributed by atoms with E-state index in [0.717, 1.165) is 38.4 Å². The van der Waals surface area contributed by atoms with Gasteiger partial charge >= 0.3 is 6.01 Å². The van der Waals surface area contributed by atoms with Crippen molar-refractivity contribution in [1.29, 1.82) is 0 Å². The number of hydrogen-bond donors (Lipinski definition) is 1. The fourth-order valence-electron chi connectivity index (χ4n) is 3.24. The molecule has 9 heteroatoms. The van der Waals surface area contributed by atoms with E-state index >= 15 is 0 Å². The van der Waals surface area contributed by atoms with E-state index in [0.29, 0.717) is 36.2 Å². The van der Waals surface area contributed by atoms with Gasteiger partial charge in [-0.2, -0.15) is 9.97 Å². The van der Waals surface area contributed by atoms with Gasteiger partial charge in [-0.05, 0) is 19.1 Å². The average molecular weight is 422 g/mol. The van der Waals surface area contributed by atoms with Gasteiger partial charge in [-0.1, -0.05) is 11.6 Å². The first-order valence-electron chi connectivity index (χ1n) is 10.3. The van der Waals surface area contributed by atoms with Gasteiger partial charge in [0.25, 0.3) is 0 Å². The molecule has 1 fully saturated rings. The summed E-state index contributed by atoms with van der Waals surface area (Å²) in [5.41, 5.74) is 2.44. The summed E-state index contributed by atoms with van der Waals surface area (Å²) in [5.74, 6) is 0.862. The highest BCUT2D eigenvalue weighted by Gasteiger charge is 2.12. The molecule has 0 bridgehead atoms. The maximum absolute atomic E-state index is 9.99. The zero-order valence-corrected chi connectivity index (χ0v) is 17.5. The number of aryl methyl sites for hydroxylation is 1. The van der Waals surface area contributed by atoms with Crippen molar-refractivity contribution in [3.8, 4) is 17.6 Å². The Kier molecular flexibility index (Phi) is 6.85. The van der Waals surface area contributed by atoms with Gasteiger partial charge in [0.15, 0.2) is 0 Å². The summed E-state index contributed by atoms with van der Waals surface area (Å²) in [5, 5.41) is 9.99. The Hall–Kier alpha value is -3.30. The third-order valence-electron chi connectivity index (χ3n) is 4.92. The molecule has 0 radical (unpaired) electrons. The molecule has 2 aromatic heterocycles. The Bertz CT molecular complexity index is 1020. The lowest BCUT2D eigenvalue weighted by atomic mass is 10.1. The molecular weight excluding hydrogens is 396 g/mol. The van der Waals surface area contributed by atoms with Crippen LogP contribution in [-0.4, -0.2) is 75.2 Å². The highest BCUT2D eigenvalue weighted by atomic mass is 16.5. The Balaban J connectivity index is 1.46.